The summed E-state index contributed by atoms with van der Waals surface area (Å²) >= 11 is 0. The average molecular weight is 138 g/mol. The van der Waals surface area contributed by atoms with E-state index >= 15 is 0 Å². The molecule has 0 aromatic carbocycles. The Morgan fingerprint density at radius 1 is 1.00 bits per heavy atom. The van der Waals surface area contributed by atoms with Crippen molar-refractivity contribution in [3.8, 4) is 0 Å². The molecule has 0 N–H and O–H groups in total. The van der Waals surface area contributed by atoms with E-state index in [2.05, 4.69) is 20.8 Å². The summed E-state index contributed by atoms with van der Waals surface area (Å²) in [6.07, 6.45) is 5.79. The van der Waals surface area contributed by atoms with Gasteiger partial charge >= 0.3 is 0 Å². The Morgan fingerprint density at radius 3 is 1.90 bits per heavy atom. The quantitative estimate of drug-likeness (QED) is 0.486. The molecule has 0 saturated heterocycles. The van der Waals surface area contributed by atoms with Gasteiger partial charge in [-0.05, 0) is 39.5 Å². The Balaban J connectivity index is 2.56. The van der Waals surface area contributed by atoms with Crippen LogP contribution in [0.1, 0.15) is 46.5 Å². The van der Waals surface area contributed by atoms with Crippen molar-refractivity contribution in [2.75, 3.05) is 0 Å². The summed E-state index contributed by atoms with van der Waals surface area (Å²) in [4.78, 5) is 0. The summed E-state index contributed by atoms with van der Waals surface area (Å²) in [5, 5.41) is 0. The number of hydrogen-bond acceptors (Lipinski definition) is 0. The fourth-order valence-electron chi connectivity index (χ4n) is 1.77. The first-order valence-corrected chi connectivity index (χ1v) is 4.36. The lowest BCUT2D eigenvalue weighted by atomic mass is 9.96. The van der Waals surface area contributed by atoms with Crippen LogP contribution < -0.4 is 0 Å². The molecule has 0 bridgehead atoms. The normalized spacial score (nSPS) is 19.5. The summed E-state index contributed by atoms with van der Waals surface area (Å²) in [5.41, 5.74) is 3.18. The van der Waals surface area contributed by atoms with E-state index in [-0.39, 0.29) is 0 Å². The van der Waals surface area contributed by atoms with Gasteiger partial charge in [-0.25, -0.2) is 0 Å². The Hall–Kier alpha value is -0.260. The van der Waals surface area contributed by atoms with E-state index in [0.717, 1.165) is 5.92 Å². The lowest BCUT2D eigenvalue weighted by Crippen LogP contribution is -1.95. The second-order valence-electron chi connectivity index (χ2n) is 3.66. The minimum absolute atomic E-state index is 0.935. The van der Waals surface area contributed by atoms with Gasteiger partial charge in [0.1, 0.15) is 0 Å². The zero-order valence-electron chi connectivity index (χ0n) is 7.41. The minimum atomic E-state index is 0.935. The van der Waals surface area contributed by atoms with Gasteiger partial charge < -0.3 is 0 Å². The van der Waals surface area contributed by atoms with Crippen LogP contribution in [-0.2, 0) is 0 Å². The Kier molecular flexibility index (Phi) is 2.53. The van der Waals surface area contributed by atoms with Crippen molar-refractivity contribution in [2.24, 2.45) is 5.92 Å². The van der Waals surface area contributed by atoms with Crippen LogP contribution in [0.5, 0.6) is 0 Å². The van der Waals surface area contributed by atoms with Crippen LogP contribution in [0.15, 0.2) is 11.1 Å². The summed E-state index contributed by atoms with van der Waals surface area (Å²) in [5.74, 6) is 0.935. The van der Waals surface area contributed by atoms with Gasteiger partial charge in [-0.3, -0.25) is 0 Å². The molecule has 1 aliphatic carbocycles. The van der Waals surface area contributed by atoms with E-state index < -0.39 is 0 Å². The molecule has 0 nitrogen and oxygen atoms in total. The minimum Gasteiger partial charge on any atom is -0.0772 e. The Morgan fingerprint density at radius 2 is 1.50 bits per heavy atom. The summed E-state index contributed by atoms with van der Waals surface area (Å²) < 4.78 is 0. The van der Waals surface area contributed by atoms with Gasteiger partial charge in [0, 0.05) is 0 Å². The molecule has 0 radical (unpaired) electrons. The van der Waals surface area contributed by atoms with E-state index in [0.29, 0.717) is 0 Å². The fraction of sp³-hybridized carbons (Fsp3) is 0.800. The maximum absolute atomic E-state index is 2.30. The highest BCUT2D eigenvalue weighted by atomic mass is 14.2. The molecular weight excluding hydrogens is 120 g/mol. The molecular formula is C10H18. The van der Waals surface area contributed by atoms with Crippen LogP contribution in [0.4, 0.5) is 0 Å². The lowest BCUT2D eigenvalue weighted by molar-refractivity contribution is 0.635. The molecule has 0 aliphatic heterocycles. The maximum Gasteiger partial charge on any atom is -0.0204 e. The van der Waals surface area contributed by atoms with Crippen LogP contribution in [0, 0.1) is 5.92 Å². The zero-order valence-corrected chi connectivity index (χ0v) is 7.41. The van der Waals surface area contributed by atoms with Crippen molar-refractivity contribution >= 4 is 0 Å². The third-order valence-corrected chi connectivity index (χ3v) is 2.76. The molecule has 58 valence electrons. The molecule has 0 aromatic heterocycles. The molecule has 1 fully saturated rings. The number of allylic oxidation sites excluding steroid dienone is 2. The fourth-order valence-corrected chi connectivity index (χ4v) is 1.77. The first kappa shape index (κ1) is 7.84. The second kappa shape index (κ2) is 3.23. The third-order valence-electron chi connectivity index (χ3n) is 2.76. The standard InChI is InChI=1S/C10H18/c1-8(2)9(3)10-6-4-5-7-10/h10H,4-7H2,1-3H3. The van der Waals surface area contributed by atoms with Crippen LogP contribution in [0.3, 0.4) is 0 Å². The molecule has 1 saturated carbocycles. The van der Waals surface area contributed by atoms with Gasteiger partial charge in [0.15, 0.2) is 0 Å². The highest BCUT2D eigenvalue weighted by molar-refractivity contribution is 5.11. The van der Waals surface area contributed by atoms with Gasteiger partial charge in [0.25, 0.3) is 0 Å². The largest absolute Gasteiger partial charge is 0.0772 e. The third kappa shape index (κ3) is 1.62. The molecule has 0 heterocycles. The van der Waals surface area contributed by atoms with Crippen molar-refractivity contribution in [3.63, 3.8) is 0 Å². The van der Waals surface area contributed by atoms with E-state index in [1.54, 1.807) is 5.57 Å². The molecule has 0 spiro atoms. The van der Waals surface area contributed by atoms with E-state index in [4.69, 9.17) is 0 Å². The number of hydrogen-bond donors (Lipinski definition) is 0. The average Bonchev–Trinajstić information content (AvgIpc) is 2.36. The van der Waals surface area contributed by atoms with E-state index in [1.807, 2.05) is 0 Å². The molecule has 10 heavy (non-hydrogen) atoms. The van der Waals surface area contributed by atoms with Crippen LogP contribution in [-0.4, -0.2) is 0 Å². The smallest absolute Gasteiger partial charge is 0.0204 e. The van der Waals surface area contributed by atoms with Crippen LogP contribution >= 0.6 is 0 Å². The van der Waals surface area contributed by atoms with Crippen molar-refractivity contribution in [2.45, 2.75) is 46.5 Å². The Labute approximate surface area is 64.3 Å². The van der Waals surface area contributed by atoms with Crippen LogP contribution in [0.2, 0.25) is 0 Å². The predicted molar refractivity (Wildman–Crippen MR) is 46.0 cm³/mol. The molecule has 1 aliphatic rings. The molecule has 0 amide bonds. The molecule has 1 rings (SSSR count). The SMILES string of the molecule is CC(C)=C(C)C1CCCC1. The zero-order chi connectivity index (χ0) is 7.56. The summed E-state index contributed by atoms with van der Waals surface area (Å²) in [7, 11) is 0. The van der Waals surface area contributed by atoms with Crippen molar-refractivity contribution in [3.05, 3.63) is 11.1 Å². The van der Waals surface area contributed by atoms with Gasteiger partial charge in [-0.2, -0.15) is 0 Å². The Bertz CT molecular complexity index is 132. The van der Waals surface area contributed by atoms with Crippen LogP contribution in [0.25, 0.3) is 0 Å². The van der Waals surface area contributed by atoms with Crippen molar-refractivity contribution < 1.29 is 0 Å². The van der Waals surface area contributed by atoms with Gasteiger partial charge in [0.2, 0.25) is 0 Å². The first-order chi connectivity index (χ1) is 4.72. The number of rotatable bonds is 1. The summed E-state index contributed by atoms with van der Waals surface area (Å²) in [6.45, 7) is 6.76. The maximum atomic E-state index is 2.30. The molecule has 0 heteroatoms. The van der Waals surface area contributed by atoms with Gasteiger partial charge in [0.05, 0.1) is 0 Å². The van der Waals surface area contributed by atoms with E-state index in [9.17, 15) is 0 Å². The highest BCUT2D eigenvalue weighted by Crippen LogP contribution is 2.31. The lowest BCUT2D eigenvalue weighted by Gasteiger charge is -2.10. The first-order valence-electron chi connectivity index (χ1n) is 4.36. The van der Waals surface area contributed by atoms with E-state index in [1.165, 1.54) is 31.3 Å². The topological polar surface area (TPSA) is 0 Å². The van der Waals surface area contributed by atoms with Gasteiger partial charge in [-0.15, -0.1) is 0 Å². The van der Waals surface area contributed by atoms with Crippen molar-refractivity contribution in [1.82, 2.24) is 0 Å². The predicted octanol–water partition coefficient (Wildman–Crippen LogP) is 3.53. The molecule has 0 unspecified atom stereocenters. The summed E-state index contributed by atoms with van der Waals surface area (Å²) in [6, 6.07) is 0. The molecule has 0 atom stereocenters. The monoisotopic (exact) mass is 138 g/mol. The molecule has 0 aromatic rings. The highest BCUT2D eigenvalue weighted by Gasteiger charge is 2.16. The second-order valence-corrected chi connectivity index (χ2v) is 3.66. The van der Waals surface area contributed by atoms with Gasteiger partial charge in [-0.1, -0.05) is 24.0 Å². The van der Waals surface area contributed by atoms with Crippen molar-refractivity contribution in [1.29, 1.82) is 0 Å².